The Bertz CT molecular complexity index is 2010. The van der Waals surface area contributed by atoms with Gasteiger partial charge in [-0.2, -0.15) is 0 Å². The number of hydrogen-bond donors (Lipinski definition) is 1. The number of H-pyrrole nitrogens is 1. The van der Waals surface area contributed by atoms with Crippen LogP contribution >= 0.6 is 0 Å². The molecule has 2 nitrogen and oxygen atoms in total. The van der Waals surface area contributed by atoms with Gasteiger partial charge in [-0.25, -0.2) is 0 Å². The van der Waals surface area contributed by atoms with Gasteiger partial charge >= 0.3 is 0 Å². The van der Waals surface area contributed by atoms with E-state index in [4.69, 9.17) is 0 Å². The first-order chi connectivity index (χ1) is 17.4. The maximum absolute atomic E-state index is 3.91. The van der Waals surface area contributed by atoms with Crippen LogP contribution in [0.2, 0.25) is 0 Å². The monoisotopic (exact) mass is 446 g/mol. The summed E-state index contributed by atoms with van der Waals surface area (Å²) in [5, 5.41) is 7.69. The van der Waals surface area contributed by atoms with Gasteiger partial charge in [-0.1, -0.05) is 91.0 Å². The maximum atomic E-state index is 3.91. The predicted molar refractivity (Wildman–Crippen MR) is 149 cm³/mol. The Kier molecular flexibility index (Phi) is 3.75. The molecule has 0 spiro atoms. The van der Waals surface area contributed by atoms with E-state index in [9.17, 15) is 0 Å². The number of nitrogens with one attached hydrogen (secondary N) is 1. The van der Waals surface area contributed by atoms with Crippen LogP contribution in [0.15, 0.2) is 115 Å². The minimum atomic E-state index is 0.996. The van der Waals surface area contributed by atoms with Crippen LogP contribution in [0.3, 0.4) is 0 Å². The lowest BCUT2D eigenvalue weighted by Crippen LogP contribution is -1.94. The van der Waals surface area contributed by atoms with Crippen molar-refractivity contribution in [2.24, 2.45) is 0 Å². The molecule has 2 aromatic heterocycles. The van der Waals surface area contributed by atoms with Gasteiger partial charge in [0.1, 0.15) is 0 Å². The van der Waals surface area contributed by atoms with E-state index >= 15 is 0 Å². The zero-order valence-electron chi connectivity index (χ0n) is 19.1. The summed E-state index contributed by atoms with van der Waals surface area (Å²) < 4.78 is 2.44. The summed E-state index contributed by atoms with van der Waals surface area (Å²) in [6.45, 7) is 0. The van der Waals surface area contributed by atoms with Crippen molar-refractivity contribution in [2.45, 2.75) is 6.42 Å². The van der Waals surface area contributed by atoms with Gasteiger partial charge in [-0.15, -0.1) is 0 Å². The number of nitrogens with zero attached hydrogens (tertiary/aromatic N) is 1. The fourth-order valence-corrected chi connectivity index (χ4v) is 6.00. The van der Waals surface area contributed by atoms with Crippen molar-refractivity contribution in [3.8, 4) is 5.69 Å². The van der Waals surface area contributed by atoms with E-state index in [1.54, 1.807) is 0 Å². The van der Waals surface area contributed by atoms with Gasteiger partial charge in [0.15, 0.2) is 0 Å². The molecule has 0 unspecified atom stereocenters. The lowest BCUT2D eigenvalue weighted by molar-refractivity contribution is 1.19. The molecule has 1 aliphatic carbocycles. The first kappa shape index (κ1) is 18.8. The number of para-hydroxylation sites is 1. The van der Waals surface area contributed by atoms with E-state index < -0.39 is 0 Å². The highest BCUT2D eigenvalue weighted by Crippen LogP contribution is 2.43. The molecule has 164 valence electrons. The average molecular weight is 447 g/mol. The second kappa shape index (κ2) is 6.97. The summed E-state index contributed by atoms with van der Waals surface area (Å²) >= 11 is 0. The minimum absolute atomic E-state index is 0.996. The number of allylic oxidation sites excluding steroid dienone is 4. The summed E-state index contributed by atoms with van der Waals surface area (Å²) in [4.78, 5) is 3.91. The van der Waals surface area contributed by atoms with Crippen LogP contribution in [0.25, 0.3) is 65.6 Å². The van der Waals surface area contributed by atoms with E-state index in [0.717, 1.165) is 6.42 Å². The summed E-state index contributed by atoms with van der Waals surface area (Å²) in [7, 11) is 0. The van der Waals surface area contributed by atoms with Crippen molar-refractivity contribution in [3.63, 3.8) is 0 Å². The van der Waals surface area contributed by atoms with E-state index in [2.05, 4.69) is 125 Å². The largest absolute Gasteiger partial charge is 0.352 e. The van der Waals surface area contributed by atoms with Crippen LogP contribution in [0.4, 0.5) is 0 Å². The summed E-state index contributed by atoms with van der Waals surface area (Å²) in [5.74, 6) is 0. The Labute approximate surface area is 202 Å². The molecule has 1 N–H and O–H groups in total. The molecule has 1 aliphatic rings. The molecular weight excluding hydrogens is 424 g/mol. The summed E-state index contributed by atoms with van der Waals surface area (Å²) in [5.41, 5.74) is 8.74. The molecule has 0 amide bonds. The number of benzene rings is 5. The first-order valence-corrected chi connectivity index (χ1v) is 12.2. The molecule has 35 heavy (non-hydrogen) atoms. The molecule has 2 heterocycles. The van der Waals surface area contributed by atoms with Crippen molar-refractivity contribution in [1.29, 1.82) is 0 Å². The second-order valence-electron chi connectivity index (χ2n) is 9.42. The molecule has 0 bridgehead atoms. The zero-order chi connectivity index (χ0) is 22.9. The normalized spacial score (nSPS) is 13.7. The Hall–Kier alpha value is -4.56. The quantitative estimate of drug-likeness (QED) is 0.256. The second-order valence-corrected chi connectivity index (χ2v) is 9.42. The van der Waals surface area contributed by atoms with Gasteiger partial charge in [0.25, 0.3) is 0 Å². The van der Waals surface area contributed by atoms with E-state index in [1.165, 1.54) is 71.2 Å². The van der Waals surface area contributed by atoms with Gasteiger partial charge in [-0.3, -0.25) is 0 Å². The topological polar surface area (TPSA) is 20.7 Å². The Balaban J connectivity index is 1.63. The third-order valence-electron chi connectivity index (χ3n) is 7.54. The van der Waals surface area contributed by atoms with E-state index in [-0.39, 0.29) is 0 Å². The van der Waals surface area contributed by atoms with Gasteiger partial charge < -0.3 is 9.55 Å². The first-order valence-electron chi connectivity index (χ1n) is 12.2. The van der Waals surface area contributed by atoms with Crippen LogP contribution in [-0.4, -0.2) is 9.55 Å². The molecule has 0 saturated carbocycles. The molecule has 0 atom stereocenters. The summed E-state index contributed by atoms with van der Waals surface area (Å²) in [6.07, 6.45) is 7.62. The van der Waals surface area contributed by atoms with Crippen LogP contribution in [0.5, 0.6) is 0 Å². The smallest absolute Gasteiger partial charge is 0.0804 e. The number of aromatic amines is 1. The maximum Gasteiger partial charge on any atom is 0.0804 e. The van der Waals surface area contributed by atoms with Gasteiger partial charge in [0.2, 0.25) is 0 Å². The fourth-order valence-electron chi connectivity index (χ4n) is 6.00. The molecule has 7 aromatic rings. The van der Waals surface area contributed by atoms with E-state index in [0.29, 0.717) is 0 Å². The highest BCUT2D eigenvalue weighted by Gasteiger charge is 2.21. The van der Waals surface area contributed by atoms with E-state index in [1.807, 2.05) is 0 Å². The Morgan fingerprint density at radius 2 is 1.34 bits per heavy atom. The lowest BCUT2D eigenvalue weighted by Gasteiger charge is -2.11. The molecule has 0 saturated heterocycles. The number of rotatable bonds is 2. The van der Waals surface area contributed by atoms with Crippen molar-refractivity contribution in [3.05, 3.63) is 121 Å². The number of hydrogen-bond acceptors (Lipinski definition) is 0. The minimum Gasteiger partial charge on any atom is -0.352 e. The van der Waals surface area contributed by atoms with Gasteiger partial charge in [-0.05, 0) is 58.0 Å². The molecule has 8 rings (SSSR count). The van der Waals surface area contributed by atoms with Crippen molar-refractivity contribution in [2.75, 3.05) is 0 Å². The van der Waals surface area contributed by atoms with Gasteiger partial charge in [0, 0.05) is 21.8 Å². The zero-order valence-corrected chi connectivity index (χ0v) is 19.1. The number of fused-ring (bicyclic) bond motifs is 10. The predicted octanol–water partition coefficient (Wildman–Crippen LogP) is 8.91. The van der Waals surface area contributed by atoms with Crippen LogP contribution < -0.4 is 0 Å². The van der Waals surface area contributed by atoms with Crippen molar-refractivity contribution >= 4 is 60.0 Å². The Morgan fingerprint density at radius 1 is 0.629 bits per heavy atom. The molecule has 0 aliphatic heterocycles. The Morgan fingerprint density at radius 3 is 2.11 bits per heavy atom. The molecule has 2 heteroatoms. The third kappa shape index (κ3) is 2.54. The molecule has 0 radical (unpaired) electrons. The van der Waals surface area contributed by atoms with Crippen molar-refractivity contribution in [1.82, 2.24) is 9.55 Å². The highest BCUT2D eigenvalue weighted by atomic mass is 15.0. The highest BCUT2D eigenvalue weighted by molar-refractivity contribution is 6.33. The molecule has 0 fully saturated rings. The van der Waals surface area contributed by atoms with Gasteiger partial charge in [0.05, 0.1) is 22.1 Å². The fraction of sp³-hybridized carbons (Fsp3) is 0.0303. The molecular formula is C33H22N2. The SMILES string of the molecule is C1=CCC(c2ccc3c(c2)c2[nH]c4c5ccccc5c5ccccc5c4c2n3-c2ccccc2)=C1. The van der Waals surface area contributed by atoms with Crippen molar-refractivity contribution < 1.29 is 0 Å². The third-order valence-corrected chi connectivity index (χ3v) is 7.54. The van der Waals surface area contributed by atoms with Crippen LogP contribution in [-0.2, 0) is 0 Å². The van der Waals surface area contributed by atoms with Crippen LogP contribution in [0, 0.1) is 0 Å². The average Bonchev–Trinajstić information content (AvgIpc) is 3.65. The standard InChI is InChI=1S/C33H22N2/c1-2-12-23(13-3-1)35-29-19-18-22(21-10-4-5-11-21)20-28(29)32-33(35)30-26-16-8-6-14-24(26)25-15-7-9-17-27(25)31(30)34-32/h1-10,12-20,34H,11H2. The lowest BCUT2D eigenvalue weighted by atomic mass is 9.98. The van der Waals surface area contributed by atoms with Crippen LogP contribution in [0.1, 0.15) is 12.0 Å². The summed E-state index contributed by atoms with van der Waals surface area (Å²) in [6, 6.07) is 35.3. The molecule has 5 aromatic carbocycles. The number of aromatic nitrogens is 2.